The molecule has 112 valence electrons. The second-order valence-electron chi connectivity index (χ2n) is 6.26. The summed E-state index contributed by atoms with van der Waals surface area (Å²) in [7, 11) is 0. The molecule has 0 aliphatic carbocycles. The summed E-state index contributed by atoms with van der Waals surface area (Å²) in [6.45, 7) is 9.87. The molecule has 0 spiro atoms. The Kier molecular flexibility index (Phi) is 5.55. The van der Waals surface area contributed by atoms with Crippen LogP contribution in [0.2, 0.25) is 0 Å². The van der Waals surface area contributed by atoms with Crippen LogP contribution in [0.3, 0.4) is 0 Å². The molecule has 1 aromatic rings. The number of hydrogen-bond acceptors (Lipinski definition) is 2. The molecule has 0 radical (unpaired) electrons. The molecule has 1 aliphatic rings. The van der Waals surface area contributed by atoms with Crippen LogP contribution in [0, 0.1) is 11.7 Å². The molecule has 2 rings (SSSR count). The Labute approximate surface area is 122 Å². The van der Waals surface area contributed by atoms with Crippen molar-refractivity contribution in [1.82, 2.24) is 10.2 Å². The van der Waals surface area contributed by atoms with Gasteiger partial charge in [0.2, 0.25) is 0 Å². The van der Waals surface area contributed by atoms with Crippen LogP contribution in [0.15, 0.2) is 24.3 Å². The summed E-state index contributed by atoms with van der Waals surface area (Å²) in [5.41, 5.74) is 1.20. The fourth-order valence-electron chi connectivity index (χ4n) is 3.10. The molecule has 1 N–H and O–H groups in total. The highest BCUT2D eigenvalue weighted by atomic mass is 19.1. The van der Waals surface area contributed by atoms with Crippen molar-refractivity contribution in [3.05, 3.63) is 35.6 Å². The number of nitrogens with one attached hydrogen (secondary N) is 1. The first-order valence-electron chi connectivity index (χ1n) is 7.82. The maximum atomic E-state index is 13.0. The fraction of sp³-hybridized carbons (Fsp3) is 0.647. The summed E-state index contributed by atoms with van der Waals surface area (Å²) in [4.78, 5) is 2.56. The smallest absolute Gasteiger partial charge is 0.123 e. The molecule has 3 heteroatoms. The second kappa shape index (κ2) is 7.19. The quantitative estimate of drug-likeness (QED) is 0.888. The molecule has 2 atom stereocenters. The fourth-order valence-corrected chi connectivity index (χ4v) is 3.10. The second-order valence-corrected chi connectivity index (χ2v) is 6.26. The predicted octanol–water partition coefficient (Wildman–Crippen LogP) is 3.42. The molecule has 0 bridgehead atoms. The van der Waals surface area contributed by atoms with E-state index in [-0.39, 0.29) is 5.82 Å². The Bertz CT molecular complexity index is 402. The molecule has 20 heavy (non-hydrogen) atoms. The number of halogens is 1. The Morgan fingerprint density at radius 3 is 2.60 bits per heavy atom. The Morgan fingerprint density at radius 1 is 1.30 bits per heavy atom. The molecule has 0 saturated carbocycles. The van der Waals surface area contributed by atoms with Crippen molar-refractivity contribution in [1.29, 1.82) is 0 Å². The zero-order valence-corrected chi connectivity index (χ0v) is 12.9. The lowest BCUT2D eigenvalue weighted by molar-refractivity contribution is 0.0885. The standard InChI is InChI=1S/C17H27FN2/c1-4-5-16-12-20(17(10-19-16)13(2)3)11-14-6-8-15(18)9-7-14/h6-9,13,16-17,19H,4-5,10-12H2,1-3H3/t16-,17-/m0/s1. The zero-order chi connectivity index (χ0) is 14.5. The largest absolute Gasteiger partial charge is 0.311 e. The third-order valence-electron chi connectivity index (χ3n) is 4.25. The van der Waals surface area contributed by atoms with E-state index in [1.54, 1.807) is 12.1 Å². The molecular formula is C17H27FN2. The molecule has 0 amide bonds. The van der Waals surface area contributed by atoms with E-state index in [0.717, 1.165) is 19.6 Å². The van der Waals surface area contributed by atoms with Crippen molar-refractivity contribution in [2.24, 2.45) is 5.92 Å². The highest BCUT2D eigenvalue weighted by Gasteiger charge is 2.29. The number of hydrogen-bond donors (Lipinski definition) is 1. The van der Waals surface area contributed by atoms with E-state index in [2.05, 4.69) is 31.0 Å². The molecule has 0 aromatic heterocycles. The molecule has 1 fully saturated rings. The number of piperazine rings is 1. The lowest BCUT2D eigenvalue weighted by atomic mass is 9.96. The zero-order valence-electron chi connectivity index (χ0n) is 12.9. The van der Waals surface area contributed by atoms with Gasteiger partial charge in [0.25, 0.3) is 0 Å². The normalized spacial score (nSPS) is 24.2. The van der Waals surface area contributed by atoms with Crippen LogP contribution >= 0.6 is 0 Å². The van der Waals surface area contributed by atoms with Gasteiger partial charge in [0.1, 0.15) is 5.82 Å². The van der Waals surface area contributed by atoms with Crippen molar-refractivity contribution >= 4 is 0 Å². The van der Waals surface area contributed by atoms with Gasteiger partial charge in [-0.1, -0.05) is 39.3 Å². The average molecular weight is 278 g/mol. The molecule has 1 heterocycles. The maximum absolute atomic E-state index is 13.0. The highest BCUT2D eigenvalue weighted by Crippen LogP contribution is 2.20. The van der Waals surface area contributed by atoms with Crippen LogP contribution in [0.25, 0.3) is 0 Å². The highest BCUT2D eigenvalue weighted by molar-refractivity contribution is 5.16. The SMILES string of the molecule is CCC[C@H]1CN(Cc2ccc(F)cc2)[C@H](C(C)C)CN1. The topological polar surface area (TPSA) is 15.3 Å². The molecule has 1 saturated heterocycles. The first kappa shape index (κ1) is 15.5. The van der Waals surface area contributed by atoms with Gasteiger partial charge in [0.15, 0.2) is 0 Å². The molecule has 0 unspecified atom stereocenters. The van der Waals surface area contributed by atoms with Gasteiger partial charge >= 0.3 is 0 Å². The van der Waals surface area contributed by atoms with Crippen molar-refractivity contribution < 1.29 is 4.39 Å². The maximum Gasteiger partial charge on any atom is 0.123 e. The van der Waals surface area contributed by atoms with Crippen LogP contribution < -0.4 is 5.32 Å². The van der Waals surface area contributed by atoms with Gasteiger partial charge in [-0.3, -0.25) is 4.90 Å². The summed E-state index contributed by atoms with van der Waals surface area (Å²) in [5.74, 6) is 0.476. The van der Waals surface area contributed by atoms with E-state index in [9.17, 15) is 4.39 Å². The summed E-state index contributed by atoms with van der Waals surface area (Å²) in [6, 6.07) is 8.09. The van der Waals surface area contributed by atoms with Gasteiger partial charge in [-0.15, -0.1) is 0 Å². The van der Waals surface area contributed by atoms with Gasteiger partial charge in [0, 0.05) is 31.7 Å². The third-order valence-corrected chi connectivity index (χ3v) is 4.25. The lowest BCUT2D eigenvalue weighted by Gasteiger charge is -2.42. The van der Waals surface area contributed by atoms with Crippen molar-refractivity contribution in [2.45, 2.75) is 52.2 Å². The van der Waals surface area contributed by atoms with E-state index in [0.29, 0.717) is 18.0 Å². The number of nitrogens with zero attached hydrogens (tertiary/aromatic N) is 1. The average Bonchev–Trinajstić information content (AvgIpc) is 2.42. The minimum Gasteiger partial charge on any atom is -0.311 e. The van der Waals surface area contributed by atoms with Crippen LogP contribution in [-0.2, 0) is 6.54 Å². The van der Waals surface area contributed by atoms with Crippen molar-refractivity contribution in [3.63, 3.8) is 0 Å². The first-order chi connectivity index (χ1) is 9.60. The Balaban J connectivity index is 2.04. The van der Waals surface area contributed by atoms with E-state index in [1.165, 1.54) is 18.4 Å². The van der Waals surface area contributed by atoms with Crippen LogP contribution in [0.4, 0.5) is 4.39 Å². The van der Waals surface area contributed by atoms with Gasteiger partial charge in [-0.25, -0.2) is 4.39 Å². The van der Waals surface area contributed by atoms with Gasteiger partial charge in [0.05, 0.1) is 0 Å². The Morgan fingerprint density at radius 2 is 2.00 bits per heavy atom. The monoisotopic (exact) mass is 278 g/mol. The number of benzene rings is 1. The molecule has 1 aromatic carbocycles. The minimum atomic E-state index is -0.154. The van der Waals surface area contributed by atoms with E-state index in [4.69, 9.17) is 0 Å². The Hall–Kier alpha value is -0.930. The van der Waals surface area contributed by atoms with Gasteiger partial charge in [-0.05, 0) is 30.0 Å². The predicted molar refractivity (Wildman–Crippen MR) is 82.1 cm³/mol. The van der Waals surface area contributed by atoms with Gasteiger partial charge < -0.3 is 5.32 Å². The lowest BCUT2D eigenvalue weighted by Crippen LogP contribution is -2.57. The summed E-state index contributed by atoms with van der Waals surface area (Å²) in [6.07, 6.45) is 2.44. The summed E-state index contributed by atoms with van der Waals surface area (Å²) >= 11 is 0. The van der Waals surface area contributed by atoms with Crippen LogP contribution in [-0.4, -0.2) is 30.1 Å². The van der Waals surface area contributed by atoms with Crippen molar-refractivity contribution in [3.8, 4) is 0 Å². The van der Waals surface area contributed by atoms with E-state index < -0.39 is 0 Å². The van der Waals surface area contributed by atoms with Crippen molar-refractivity contribution in [2.75, 3.05) is 13.1 Å². The van der Waals surface area contributed by atoms with E-state index >= 15 is 0 Å². The molecular weight excluding hydrogens is 251 g/mol. The molecule has 1 aliphatic heterocycles. The summed E-state index contributed by atoms with van der Waals surface area (Å²) in [5, 5.41) is 3.67. The summed E-state index contributed by atoms with van der Waals surface area (Å²) < 4.78 is 13.0. The van der Waals surface area contributed by atoms with Crippen LogP contribution in [0.5, 0.6) is 0 Å². The van der Waals surface area contributed by atoms with E-state index in [1.807, 2.05) is 12.1 Å². The first-order valence-corrected chi connectivity index (χ1v) is 7.82. The number of rotatable bonds is 5. The van der Waals surface area contributed by atoms with Gasteiger partial charge in [-0.2, -0.15) is 0 Å². The third kappa shape index (κ3) is 4.03. The van der Waals surface area contributed by atoms with Crippen LogP contribution in [0.1, 0.15) is 39.2 Å². The minimum absolute atomic E-state index is 0.154. The molecule has 2 nitrogen and oxygen atoms in total.